The van der Waals surface area contributed by atoms with Crippen LogP contribution in [0.3, 0.4) is 0 Å². The molecule has 2 aromatic carbocycles. The van der Waals surface area contributed by atoms with Crippen molar-refractivity contribution in [2.45, 2.75) is 26.7 Å². The summed E-state index contributed by atoms with van der Waals surface area (Å²) in [6.45, 7) is 5.35. The van der Waals surface area contributed by atoms with E-state index in [4.69, 9.17) is 4.74 Å². The average Bonchev–Trinajstić information content (AvgIpc) is 3.17. The molecular weight excluding hydrogens is 388 g/mol. The molecule has 0 bridgehead atoms. The fraction of sp³-hybridized carbons (Fsp3) is 0.308. The van der Waals surface area contributed by atoms with Crippen molar-refractivity contribution in [2.24, 2.45) is 5.92 Å². The number of carbonyl (C=O) groups excluding carboxylic acids is 2. The highest BCUT2D eigenvalue weighted by Crippen LogP contribution is 2.31. The molecule has 1 aliphatic heterocycles. The monoisotopic (exact) mass is 416 g/mol. The highest BCUT2D eigenvalue weighted by molar-refractivity contribution is 5.97. The average molecular weight is 417 g/mol. The zero-order chi connectivity index (χ0) is 21.8. The zero-order valence-corrected chi connectivity index (χ0v) is 18.1. The van der Waals surface area contributed by atoms with Crippen LogP contribution in [0.5, 0.6) is 0 Å². The van der Waals surface area contributed by atoms with Gasteiger partial charge < -0.3 is 14.2 Å². The summed E-state index contributed by atoms with van der Waals surface area (Å²) >= 11 is 0. The minimum absolute atomic E-state index is 0.0201. The van der Waals surface area contributed by atoms with Crippen LogP contribution in [-0.2, 0) is 9.53 Å². The summed E-state index contributed by atoms with van der Waals surface area (Å²) in [6, 6.07) is 22.2. The number of hydrogen-bond donors (Lipinski definition) is 0. The molecule has 2 heterocycles. The van der Waals surface area contributed by atoms with E-state index in [9.17, 15) is 9.59 Å². The Hall–Kier alpha value is -3.34. The number of piperidine rings is 1. The second-order valence-corrected chi connectivity index (χ2v) is 7.88. The van der Waals surface area contributed by atoms with Crippen molar-refractivity contribution < 1.29 is 14.3 Å². The summed E-state index contributed by atoms with van der Waals surface area (Å²) in [7, 11) is 0. The van der Waals surface area contributed by atoms with Gasteiger partial charge in [0.25, 0.3) is 5.91 Å². The van der Waals surface area contributed by atoms with E-state index in [1.54, 1.807) is 0 Å². The summed E-state index contributed by atoms with van der Waals surface area (Å²) < 4.78 is 7.30. The van der Waals surface area contributed by atoms with Crippen molar-refractivity contribution >= 4 is 11.9 Å². The van der Waals surface area contributed by atoms with Crippen molar-refractivity contribution in [3.63, 3.8) is 0 Å². The van der Waals surface area contributed by atoms with E-state index in [0.717, 1.165) is 22.6 Å². The fourth-order valence-corrected chi connectivity index (χ4v) is 4.30. The molecule has 1 aliphatic rings. The molecule has 1 aromatic heterocycles. The van der Waals surface area contributed by atoms with Crippen LogP contribution in [0, 0.1) is 12.8 Å². The second kappa shape index (κ2) is 9.21. The molecule has 0 atom stereocenters. The van der Waals surface area contributed by atoms with Gasteiger partial charge in [0.15, 0.2) is 0 Å². The number of esters is 1. The third kappa shape index (κ3) is 4.26. The van der Waals surface area contributed by atoms with Gasteiger partial charge in [0.1, 0.15) is 0 Å². The third-order valence-corrected chi connectivity index (χ3v) is 5.96. The first kappa shape index (κ1) is 20.9. The number of carbonyl (C=O) groups is 2. The molecule has 0 saturated carbocycles. The topological polar surface area (TPSA) is 51.5 Å². The minimum atomic E-state index is -0.146. The molecule has 4 rings (SSSR count). The molecule has 1 fully saturated rings. The molecule has 0 N–H and O–H groups in total. The predicted molar refractivity (Wildman–Crippen MR) is 121 cm³/mol. The van der Waals surface area contributed by atoms with E-state index in [1.165, 1.54) is 0 Å². The quantitative estimate of drug-likeness (QED) is 0.558. The standard InChI is InChI=1S/C26H28N2O3/c1-3-31-26(30)21-14-16-27(17-15-21)25(29)23-18-24(20-10-6-4-7-11-20)28(19(23)2)22-12-8-5-9-13-22/h4-13,18,21H,3,14-17H2,1-2H3. The predicted octanol–water partition coefficient (Wildman–Crippen LogP) is 4.87. The normalized spacial score (nSPS) is 14.5. The van der Waals surface area contributed by atoms with Crippen molar-refractivity contribution in [1.29, 1.82) is 0 Å². The summed E-state index contributed by atoms with van der Waals surface area (Å²) in [5.41, 5.74) is 4.71. The highest BCUT2D eigenvalue weighted by Gasteiger charge is 2.30. The lowest BCUT2D eigenvalue weighted by Crippen LogP contribution is -2.40. The number of hydrogen-bond acceptors (Lipinski definition) is 3. The molecule has 0 unspecified atom stereocenters. The van der Waals surface area contributed by atoms with E-state index >= 15 is 0 Å². The van der Waals surface area contributed by atoms with E-state index in [2.05, 4.69) is 28.8 Å². The van der Waals surface area contributed by atoms with E-state index < -0.39 is 0 Å². The van der Waals surface area contributed by atoms with E-state index in [-0.39, 0.29) is 17.8 Å². The number of rotatable bonds is 5. The van der Waals surface area contributed by atoms with E-state index in [0.29, 0.717) is 38.1 Å². The van der Waals surface area contributed by atoms with Crippen LogP contribution in [0.4, 0.5) is 0 Å². The molecule has 5 heteroatoms. The van der Waals surface area contributed by atoms with Gasteiger partial charge in [-0.2, -0.15) is 0 Å². The van der Waals surface area contributed by atoms with Crippen LogP contribution in [0.25, 0.3) is 16.9 Å². The molecular formula is C26H28N2O3. The number of benzene rings is 2. The summed E-state index contributed by atoms with van der Waals surface area (Å²) in [6.07, 6.45) is 1.29. The van der Waals surface area contributed by atoms with Gasteiger partial charge in [0, 0.05) is 24.5 Å². The van der Waals surface area contributed by atoms with Crippen molar-refractivity contribution in [3.8, 4) is 16.9 Å². The maximum atomic E-state index is 13.4. The maximum Gasteiger partial charge on any atom is 0.309 e. The Morgan fingerprint density at radius 1 is 0.968 bits per heavy atom. The van der Waals surface area contributed by atoms with Gasteiger partial charge in [-0.15, -0.1) is 0 Å². The number of likely N-dealkylation sites (tertiary alicyclic amines) is 1. The summed E-state index contributed by atoms with van der Waals surface area (Å²) in [5, 5.41) is 0. The van der Waals surface area contributed by atoms with Crippen LogP contribution in [0.2, 0.25) is 0 Å². The highest BCUT2D eigenvalue weighted by atomic mass is 16.5. The molecule has 1 saturated heterocycles. The lowest BCUT2D eigenvalue weighted by Gasteiger charge is -2.31. The SMILES string of the molecule is CCOC(=O)C1CCN(C(=O)c2cc(-c3ccccc3)n(-c3ccccc3)c2C)CC1. The van der Waals surface area contributed by atoms with Crippen molar-refractivity contribution in [2.75, 3.05) is 19.7 Å². The Bertz CT molecular complexity index is 1050. The largest absolute Gasteiger partial charge is 0.466 e. The van der Waals surface area contributed by atoms with Gasteiger partial charge in [-0.3, -0.25) is 9.59 Å². The Kier molecular flexibility index (Phi) is 6.21. The van der Waals surface area contributed by atoms with Gasteiger partial charge in [-0.25, -0.2) is 0 Å². The molecule has 5 nitrogen and oxygen atoms in total. The van der Waals surface area contributed by atoms with Gasteiger partial charge in [-0.05, 0) is 50.5 Å². The van der Waals surface area contributed by atoms with Crippen molar-refractivity contribution in [3.05, 3.63) is 78.0 Å². The van der Waals surface area contributed by atoms with Gasteiger partial charge in [0.05, 0.1) is 23.8 Å². The molecule has 0 aliphatic carbocycles. The molecule has 160 valence electrons. The van der Waals surface area contributed by atoms with Gasteiger partial charge >= 0.3 is 5.97 Å². The van der Waals surface area contributed by atoms with Gasteiger partial charge in [0.2, 0.25) is 0 Å². The smallest absolute Gasteiger partial charge is 0.309 e. The van der Waals surface area contributed by atoms with Crippen LogP contribution in [0.1, 0.15) is 35.8 Å². The lowest BCUT2D eigenvalue weighted by atomic mass is 9.96. The van der Waals surface area contributed by atoms with Crippen LogP contribution in [-0.4, -0.2) is 41.0 Å². The Morgan fingerprint density at radius 3 is 2.19 bits per heavy atom. The Balaban J connectivity index is 1.64. The Labute approximate surface area is 183 Å². The number of nitrogens with zero attached hydrogens (tertiary/aromatic N) is 2. The fourth-order valence-electron chi connectivity index (χ4n) is 4.30. The van der Waals surface area contributed by atoms with Crippen LogP contribution >= 0.6 is 0 Å². The first-order valence-electron chi connectivity index (χ1n) is 10.9. The molecule has 31 heavy (non-hydrogen) atoms. The number of aromatic nitrogens is 1. The Morgan fingerprint density at radius 2 is 1.58 bits per heavy atom. The summed E-state index contributed by atoms with van der Waals surface area (Å²) in [4.78, 5) is 27.3. The first-order chi connectivity index (χ1) is 15.1. The first-order valence-corrected chi connectivity index (χ1v) is 10.9. The molecule has 0 radical (unpaired) electrons. The third-order valence-electron chi connectivity index (χ3n) is 5.96. The minimum Gasteiger partial charge on any atom is -0.466 e. The summed E-state index contributed by atoms with van der Waals surface area (Å²) in [5.74, 6) is -0.238. The lowest BCUT2D eigenvalue weighted by molar-refractivity contribution is -0.149. The van der Waals surface area contributed by atoms with Crippen LogP contribution < -0.4 is 0 Å². The molecule has 0 spiro atoms. The molecule has 1 amide bonds. The van der Waals surface area contributed by atoms with Gasteiger partial charge in [-0.1, -0.05) is 48.5 Å². The number of amides is 1. The van der Waals surface area contributed by atoms with Crippen LogP contribution in [0.15, 0.2) is 66.7 Å². The van der Waals surface area contributed by atoms with Crippen molar-refractivity contribution in [1.82, 2.24) is 9.47 Å². The second-order valence-electron chi connectivity index (χ2n) is 7.88. The number of ether oxygens (including phenoxy) is 1. The maximum absolute atomic E-state index is 13.4. The number of para-hydroxylation sites is 1. The zero-order valence-electron chi connectivity index (χ0n) is 18.1. The molecule has 3 aromatic rings. The van der Waals surface area contributed by atoms with E-state index in [1.807, 2.05) is 61.2 Å².